The molecule has 0 N–H and O–H groups in total. The zero-order chi connectivity index (χ0) is 29.3. The average Bonchev–Trinajstić information content (AvgIpc) is 3.74. The molecule has 12 bridgehead atoms. The molecular formula is C30H24O12. The van der Waals surface area contributed by atoms with Gasteiger partial charge in [0.05, 0.1) is 50.7 Å². The number of hydrogen-bond donors (Lipinski definition) is 0. The summed E-state index contributed by atoms with van der Waals surface area (Å²) in [5.74, 6) is -7.29. The molecule has 0 radical (unpaired) electrons. The molecule has 12 heteroatoms. The van der Waals surface area contributed by atoms with E-state index in [2.05, 4.69) is 0 Å². The molecule has 0 aromatic heterocycles. The third-order valence-corrected chi connectivity index (χ3v) is 11.6. The van der Waals surface area contributed by atoms with Crippen molar-refractivity contribution in [3.8, 4) is 0 Å². The van der Waals surface area contributed by atoms with Crippen molar-refractivity contribution in [3.63, 3.8) is 0 Å². The summed E-state index contributed by atoms with van der Waals surface area (Å²) >= 11 is 0. The molecule has 1 saturated heterocycles. The predicted octanol–water partition coefficient (Wildman–Crippen LogP) is -0.437. The van der Waals surface area contributed by atoms with Crippen molar-refractivity contribution in [1.82, 2.24) is 0 Å². The molecule has 12 atom stereocenters. The van der Waals surface area contributed by atoms with Gasteiger partial charge < -0.3 is 28.4 Å². The highest BCUT2D eigenvalue weighted by atomic mass is 16.6. The van der Waals surface area contributed by atoms with Gasteiger partial charge in [0, 0.05) is 35.0 Å². The summed E-state index contributed by atoms with van der Waals surface area (Å²) in [6.45, 7) is 0. The Morgan fingerprint density at radius 3 is 1.74 bits per heavy atom. The topological polar surface area (TPSA) is 158 Å². The Hall–Kier alpha value is -3.90. The molecule has 7 aliphatic carbocycles. The summed E-state index contributed by atoms with van der Waals surface area (Å²) in [5.41, 5.74) is 1.29. The molecule has 42 heavy (non-hydrogen) atoms. The number of carbonyl (C=O) groups is 6. The Labute approximate surface area is 237 Å². The van der Waals surface area contributed by atoms with E-state index >= 15 is 0 Å². The van der Waals surface area contributed by atoms with Gasteiger partial charge in [0.1, 0.15) is 36.0 Å². The second-order valence-corrected chi connectivity index (χ2v) is 12.3. The number of ketones is 2. The van der Waals surface area contributed by atoms with Crippen LogP contribution in [0.25, 0.3) is 0 Å². The first kappa shape index (κ1) is 24.7. The van der Waals surface area contributed by atoms with Crippen molar-refractivity contribution in [3.05, 3.63) is 45.1 Å². The van der Waals surface area contributed by atoms with E-state index in [9.17, 15) is 28.8 Å². The standard InChI is InChI=1S/C30H24O12/c1-37-26(33)14-15(27(34)38-2)24-11-10(23(14)41-24)9-8-6-5-7-22-16(28(35)39-3)17(29(36)40-4)25(42-22)30(7)18(13(9)20(6)31)12(11)19(30)21(8)32/h5-6,8-9,12-13,18-19,22-25H,1-4H3/t6-,8-,9-,12+,13?,18?,19+,22-,23+,24-,25-,30+/m0/s1. The molecule has 12 nitrogen and oxygen atoms in total. The molecule has 11 rings (SSSR count). The molecule has 0 amide bonds. The number of fused-ring (bicyclic) bond motifs is 4. The first-order chi connectivity index (χ1) is 20.2. The predicted molar refractivity (Wildman–Crippen MR) is 131 cm³/mol. The molecule has 0 aromatic rings. The summed E-state index contributed by atoms with van der Waals surface area (Å²) in [6.07, 6.45) is -1.96. The van der Waals surface area contributed by atoms with Crippen LogP contribution in [-0.2, 0) is 57.2 Å². The zero-order valence-electron chi connectivity index (χ0n) is 22.8. The van der Waals surface area contributed by atoms with E-state index in [0.717, 1.165) is 11.1 Å². The number of Topliss-reactive ketones (excluding diaryl/α,β-unsaturated/α-hetero) is 2. The van der Waals surface area contributed by atoms with Crippen LogP contribution in [0.5, 0.6) is 0 Å². The average molecular weight is 577 g/mol. The van der Waals surface area contributed by atoms with Crippen LogP contribution in [0.2, 0.25) is 0 Å². The number of esters is 4. The van der Waals surface area contributed by atoms with E-state index in [4.69, 9.17) is 28.4 Å². The van der Waals surface area contributed by atoms with Gasteiger partial charge in [-0.1, -0.05) is 6.08 Å². The molecule has 11 aliphatic rings. The van der Waals surface area contributed by atoms with Crippen LogP contribution >= 0.6 is 0 Å². The van der Waals surface area contributed by atoms with Crippen molar-refractivity contribution in [2.75, 3.05) is 28.4 Å². The van der Waals surface area contributed by atoms with Gasteiger partial charge in [-0.05, 0) is 28.6 Å². The maximum absolute atomic E-state index is 14.6. The lowest BCUT2D eigenvalue weighted by atomic mass is 9.35. The molecule has 4 fully saturated rings. The van der Waals surface area contributed by atoms with Gasteiger partial charge in [0.25, 0.3) is 0 Å². The number of rotatable bonds is 4. The van der Waals surface area contributed by atoms with Crippen LogP contribution in [-0.4, -0.2) is 88.3 Å². The minimum Gasteiger partial charge on any atom is -0.466 e. The van der Waals surface area contributed by atoms with E-state index in [-0.39, 0.29) is 33.9 Å². The third-order valence-electron chi connectivity index (χ3n) is 11.6. The van der Waals surface area contributed by atoms with Gasteiger partial charge in [-0.15, -0.1) is 0 Å². The van der Waals surface area contributed by atoms with Crippen LogP contribution in [0.1, 0.15) is 0 Å². The van der Waals surface area contributed by atoms with Gasteiger partial charge in [-0.2, -0.15) is 0 Å². The van der Waals surface area contributed by atoms with Gasteiger partial charge in [0.2, 0.25) is 0 Å². The lowest BCUT2D eigenvalue weighted by Gasteiger charge is -2.65. The molecule has 4 heterocycles. The minimum atomic E-state index is -1.03. The summed E-state index contributed by atoms with van der Waals surface area (Å²) in [4.78, 5) is 80.9. The Kier molecular flexibility index (Phi) is 4.32. The highest BCUT2D eigenvalue weighted by molar-refractivity contribution is 6.10. The Morgan fingerprint density at radius 2 is 1.17 bits per heavy atom. The van der Waals surface area contributed by atoms with Crippen LogP contribution in [0, 0.1) is 46.8 Å². The van der Waals surface area contributed by atoms with Crippen molar-refractivity contribution in [2.24, 2.45) is 46.8 Å². The highest BCUT2D eigenvalue weighted by Gasteiger charge is 2.87. The molecule has 1 spiro atoms. The van der Waals surface area contributed by atoms with Crippen LogP contribution in [0.4, 0.5) is 0 Å². The van der Waals surface area contributed by atoms with E-state index in [0.29, 0.717) is 5.57 Å². The number of hydrogen-bond acceptors (Lipinski definition) is 12. The monoisotopic (exact) mass is 576 g/mol. The molecular weight excluding hydrogens is 552 g/mol. The summed E-state index contributed by atoms with van der Waals surface area (Å²) in [5, 5.41) is 0. The number of allylic oxidation sites excluding steroid dienone is 1. The number of carbonyl (C=O) groups excluding carboxylic acids is 6. The summed E-state index contributed by atoms with van der Waals surface area (Å²) in [6, 6.07) is 0. The first-order valence-electron chi connectivity index (χ1n) is 13.9. The third kappa shape index (κ3) is 2.14. The largest absolute Gasteiger partial charge is 0.466 e. The fourth-order valence-electron chi connectivity index (χ4n) is 10.8. The minimum absolute atomic E-state index is 0.0244. The molecule has 0 aromatic carbocycles. The molecule has 2 unspecified atom stereocenters. The zero-order valence-corrected chi connectivity index (χ0v) is 22.8. The Balaban J connectivity index is 1.27. The lowest BCUT2D eigenvalue weighted by Crippen LogP contribution is -2.69. The Morgan fingerprint density at radius 1 is 0.643 bits per heavy atom. The fraction of sp³-hybridized carbons (Fsp3) is 0.533. The second kappa shape index (κ2) is 7.35. The molecule has 3 saturated carbocycles. The normalized spacial score (nSPS) is 45.1. The quantitative estimate of drug-likeness (QED) is 0.242. The van der Waals surface area contributed by atoms with E-state index in [1.54, 1.807) is 0 Å². The van der Waals surface area contributed by atoms with Crippen LogP contribution in [0.3, 0.4) is 0 Å². The first-order valence-corrected chi connectivity index (χ1v) is 13.9. The van der Waals surface area contributed by atoms with Crippen molar-refractivity contribution < 1.29 is 57.2 Å². The van der Waals surface area contributed by atoms with Gasteiger partial charge in [-0.3, -0.25) is 9.59 Å². The lowest BCUT2D eigenvalue weighted by molar-refractivity contribution is -0.171. The summed E-state index contributed by atoms with van der Waals surface area (Å²) < 4.78 is 32.8. The van der Waals surface area contributed by atoms with Crippen LogP contribution < -0.4 is 0 Å². The van der Waals surface area contributed by atoms with Crippen LogP contribution in [0.15, 0.2) is 45.1 Å². The smallest absolute Gasteiger partial charge is 0.337 e. The maximum atomic E-state index is 14.6. The molecule has 216 valence electrons. The highest BCUT2D eigenvalue weighted by Crippen LogP contribution is 2.83. The summed E-state index contributed by atoms with van der Waals surface area (Å²) in [7, 11) is 4.85. The van der Waals surface area contributed by atoms with E-state index in [1.165, 1.54) is 28.4 Å². The van der Waals surface area contributed by atoms with Crippen molar-refractivity contribution in [2.45, 2.75) is 24.4 Å². The maximum Gasteiger partial charge on any atom is 0.337 e. The Bertz CT molecular complexity index is 1670. The van der Waals surface area contributed by atoms with Gasteiger partial charge in [0.15, 0.2) is 0 Å². The fourth-order valence-corrected chi connectivity index (χ4v) is 10.8. The van der Waals surface area contributed by atoms with E-state index in [1.807, 2.05) is 6.08 Å². The van der Waals surface area contributed by atoms with Gasteiger partial charge in [-0.25, -0.2) is 19.2 Å². The second-order valence-electron chi connectivity index (χ2n) is 12.3. The SMILES string of the molecule is COC(=O)C1=C(C(=O)OC)[C@@H]2O[C@H]1C1=C2[C@H]2C3C(=O)[C@H]4C=C5[C@@H]6O[C@@H](C(C(=O)OC)=C6C(=O)OC)[C@@]56C3[C@@H]1[C@@H]6C(=O)[C@@H]42. The number of ether oxygens (including phenoxy) is 6. The van der Waals surface area contributed by atoms with E-state index < -0.39 is 95.1 Å². The number of methoxy groups -OCH3 is 4. The molecule has 4 aliphatic heterocycles. The van der Waals surface area contributed by atoms with Crippen molar-refractivity contribution >= 4 is 35.4 Å². The van der Waals surface area contributed by atoms with Crippen molar-refractivity contribution in [1.29, 1.82) is 0 Å². The van der Waals surface area contributed by atoms with Gasteiger partial charge >= 0.3 is 23.9 Å².